The zero-order chi connectivity index (χ0) is 14.4. The highest BCUT2D eigenvalue weighted by molar-refractivity contribution is 5.84. The van der Waals surface area contributed by atoms with Gasteiger partial charge in [0.2, 0.25) is 12.7 Å². The Morgan fingerprint density at radius 2 is 2.10 bits per heavy atom. The zero-order valence-electron chi connectivity index (χ0n) is 12.1. The number of carbonyl (C=O) groups is 1. The Bertz CT molecular complexity index is 462. The van der Waals surface area contributed by atoms with E-state index in [9.17, 15) is 4.79 Å². The number of hydrogen-bond donors (Lipinski definition) is 2. The van der Waals surface area contributed by atoms with E-state index in [1.165, 1.54) is 0 Å². The first-order chi connectivity index (χ1) is 9.70. The molecule has 20 heavy (non-hydrogen) atoms. The quantitative estimate of drug-likeness (QED) is 0.752. The van der Waals surface area contributed by atoms with Crippen LogP contribution in [0.1, 0.15) is 33.1 Å². The maximum absolute atomic E-state index is 11.9. The Labute approximate surface area is 119 Å². The van der Waals surface area contributed by atoms with Gasteiger partial charge in [-0.15, -0.1) is 0 Å². The molecular formula is C15H22N2O3. The van der Waals surface area contributed by atoms with Crippen LogP contribution in [0.2, 0.25) is 0 Å². The van der Waals surface area contributed by atoms with E-state index in [0.717, 1.165) is 37.2 Å². The molecule has 110 valence electrons. The number of benzene rings is 1. The van der Waals surface area contributed by atoms with Gasteiger partial charge in [-0.05, 0) is 25.5 Å². The summed E-state index contributed by atoms with van der Waals surface area (Å²) in [5.74, 6) is 1.47. The number of hydrogen-bond acceptors (Lipinski definition) is 4. The maximum atomic E-state index is 11.9. The van der Waals surface area contributed by atoms with Crippen molar-refractivity contribution in [3.8, 4) is 11.5 Å². The fourth-order valence-corrected chi connectivity index (χ4v) is 2.04. The second-order valence-electron chi connectivity index (χ2n) is 4.93. The maximum Gasteiger partial charge on any atom is 0.242 e. The summed E-state index contributed by atoms with van der Waals surface area (Å²) in [4.78, 5) is 11.9. The van der Waals surface area contributed by atoms with Crippen LogP contribution in [0.5, 0.6) is 11.5 Å². The fourth-order valence-electron chi connectivity index (χ4n) is 2.04. The van der Waals surface area contributed by atoms with Crippen molar-refractivity contribution >= 4 is 11.6 Å². The van der Waals surface area contributed by atoms with Crippen molar-refractivity contribution < 1.29 is 14.3 Å². The van der Waals surface area contributed by atoms with Gasteiger partial charge in [-0.25, -0.2) is 0 Å². The summed E-state index contributed by atoms with van der Waals surface area (Å²) >= 11 is 0. The molecule has 1 atom stereocenters. The fraction of sp³-hybridized carbons (Fsp3) is 0.533. The second-order valence-corrected chi connectivity index (χ2v) is 4.93. The van der Waals surface area contributed by atoms with Gasteiger partial charge in [0.15, 0.2) is 11.5 Å². The zero-order valence-corrected chi connectivity index (χ0v) is 12.1. The SMILES string of the molecule is CCCCCNC(=O)C(C)Nc1ccc2c(c1)OCO2. The first kappa shape index (κ1) is 14.5. The number of rotatable bonds is 7. The average Bonchev–Trinajstić information content (AvgIpc) is 2.90. The molecule has 0 fully saturated rings. The Hall–Kier alpha value is -1.91. The number of anilines is 1. The molecule has 5 nitrogen and oxygen atoms in total. The van der Waals surface area contributed by atoms with Crippen molar-refractivity contribution in [3.63, 3.8) is 0 Å². The average molecular weight is 278 g/mol. The Balaban J connectivity index is 1.81. The van der Waals surface area contributed by atoms with E-state index >= 15 is 0 Å². The molecule has 1 aliphatic heterocycles. The summed E-state index contributed by atoms with van der Waals surface area (Å²) < 4.78 is 10.6. The van der Waals surface area contributed by atoms with Gasteiger partial charge in [-0.3, -0.25) is 4.79 Å². The van der Waals surface area contributed by atoms with Gasteiger partial charge >= 0.3 is 0 Å². The van der Waals surface area contributed by atoms with Gasteiger partial charge < -0.3 is 20.1 Å². The predicted molar refractivity (Wildman–Crippen MR) is 78.2 cm³/mol. The number of fused-ring (bicyclic) bond motifs is 1. The van der Waals surface area contributed by atoms with Crippen LogP contribution in [0.25, 0.3) is 0 Å². The smallest absolute Gasteiger partial charge is 0.242 e. The molecule has 0 aliphatic carbocycles. The van der Waals surface area contributed by atoms with Crippen LogP contribution in [0.3, 0.4) is 0 Å². The lowest BCUT2D eigenvalue weighted by molar-refractivity contribution is -0.121. The molecule has 1 amide bonds. The third-order valence-corrected chi connectivity index (χ3v) is 3.23. The van der Waals surface area contributed by atoms with E-state index in [2.05, 4.69) is 17.6 Å². The molecule has 1 heterocycles. The van der Waals surface area contributed by atoms with Gasteiger partial charge in [0.1, 0.15) is 6.04 Å². The molecule has 0 aromatic heterocycles. The van der Waals surface area contributed by atoms with Crippen molar-refractivity contribution in [2.75, 3.05) is 18.7 Å². The van der Waals surface area contributed by atoms with Crippen molar-refractivity contribution in [2.24, 2.45) is 0 Å². The molecule has 0 radical (unpaired) electrons. The minimum atomic E-state index is -0.281. The summed E-state index contributed by atoms with van der Waals surface area (Å²) in [5, 5.41) is 6.10. The molecular weight excluding hydrogens is 256 g/mol. The third-order valence-electron chi connectivity index (χ3n) is 3.23. The lowest BCUT2D eigenvalue weighted by Gasteiger charge is -2.15. The molecule has 0 bridgehead atoms. The molecule has 2 rings (SSSR count). The number of carbonyl (C=O) groups excluding carboxylic acids is 1. The van der Waals surface area contributed by atoms with E-state index in [1.807, 2.05) is 25.1 Å². The van der Waals surface area contributed by atoms with Crippen molar-refractivity contribution in [1.29, 1.82) is 0 Å². The molecule has 1 unspecified atom stereocenters. The third kappa shape index (κ3) is 3.79. The molecule has 1 aromatic carbocycles. The van der Waals surface area contributed by atoms with Crippen LogP contribution in [0.4, 0.5) is 5.69 Å². The minimum Gasteiger partial charge on any atom is -0.454 e. The molecule has 1 aromatic rings. The van der Waals surface area contributed by atoms with Crippen molar-refractivity contribution in [3.05, 3.63) is 18.2 Å². The molecule has 0 spiro atoms. The van der Waals surface area contributed by atoms with Gasteiger partial charge in [-0.2, -0.15) is 0 Å². The van der Waals surface area contributed by atoms with E-state index in [-0.39, 0.29) is 18.7 Å². The van der Waals surface area contributed by atoms with Gasteiger partial charge in [0.05, 0.1) is 0 Å². The number of amides is 1. The normalized spacial score (nSPS) is 13.9. The van der Waals surface area contributed by atoms with Crippen molar-refractivity contribution in [2.45, 2.75) is 39.2 Å². The Kier molecular flexibility index (Phi) is 5.09. The van der Waals surface area contributed by atoms with E-state index < -0.39 is 0 Å². The van der Waals surface area contributed by atoms with Gasteiger partial charge in [0.25, 0.3) is 0 Å². The first-order valence-corrected chi connectivity index (χ1v) is 7.14. The highest BCUT2D eigenvalue weighted by Gasteiger charge is 2.16. The molecule has 0 saturated heterocycles. The van der Waals surface area contributed by atoms with Gasteiger partial charge in [-0.1, -0.05) is 19.8 Å². The highest BCUT2D eigenvalue weighted by atomic mass is 16.7. The summed E-state index contributed by atoms with van der Waals surface area (Å²) in [6.07, 6.45) is 3.32. The van der Waals surface area contributed by atoms with Crippen LogP contribution in [-0.2, 0) is 4.79 Å². The summed E-state index contributed by atoms with van der Waals surface area (Å²) in [6.45, 7) is 4.98. The lowest BCUT2D eigenvalue weighted by Crippen LogP contribution is -2.38. The predicted octanol–water partition coefficient (Wildman–Crippen LogP) is 2.52. The van der Waals surface area contributed by atoms with E-state index in [4.69, 9.17) is 9.47 Å². The van der Waals surface area contributed by atoms with Crippen LogP contribution in [0.15, 0.2) is 18.2 Å². The van der Waals surface area contributed by atoms with E-state index in [1.54, 1.807) is 0 Å². The van der Waals surface area contributed by atoms with Crippen LogP contribution in [0, 0.1) is 0 Å². The van der Waals surface area contributed by atoms with E-state index in [0.29, 0.717) is 5.75 Å². The summed E-state index contributed by atoms with van der Waals surface area (Å²) in [6, 6.07) is 5.30. The monoisotopic (exact) mass is 278 g/mol. The van der Waals surface area contributed by atoms with Crippen molar-refractivity contribution in [1.82, 2.24) is 5.32 Å². The standard InChI is InChI=1S/C15H22N2O3/c1-3-4-5-8-16-15(18)11(2)17-12-6-7-13-14(9-12)20-10-19-13/h6-7,9,11,17H,3-5,8,10H2,1-2H3,(H,16,18). The number of ether oxygens (including phenoxy) is 2. The molecule has 1 aliphatic rings. The number of unbranched alkanes of at least 4 members (excludes halogenated alkanes) is 2. The Morgan fingerprint density at radius 3 is 2.90 bits per heavy atom. The van der Waals surface area contributed by atoms with Crippen LogP contribution in [-0.4, -0.2) is 25.3 Å². The molecule has 5 heteroatoms. The lowest BCUT2D eigenvalue weighted by atomic mass is 10.2. The summed E-state index contributed by atoms with van der Waals surface area (Å²) in [5.41, 5.74) is 0.852. The first-order valence-electron chi connectivity index (χ1n) is 7.14. The van der Waals surface area contributed by atoms with Gasteiger partial charge in [0, 0.05) is 18.3 Å². The Morgan fingerprint density at radius 1 is 1.30 bits per heavy atom. The summed E-state index contributed by atoms with van der Waals surface area (Å²) in [7, 11) is 0. The van der Waals surface area contributed by atoms with Crippen LogP contribution < -0.4 is 20.1 Å². The molecule has 0 saturated carbocycles. The number of nitrogens with one attached hydrogen (secondary N) is 2. The minimum absolute atomic E-state index is 0.0127. The second kappa shape index (κ2) is 7.03. The molecule has 2 N–H and O–H groups in total. The highest BCUT2D eigenvalue weighted by Crippen LogP contribution is 2.34. The topological polar surface area (TPSA) is 59.6 Å². The van der Waals surface area contributed by atoms with Crippen LogP contribution >= 0.6 is 0 Å². The largest absolute Gasteiger partial charge is 0.454 e.